The molecule has 0 radical (unpaired) electrons. The van der Waals surface area contributed by atoms with Gasteiger partial charge in [0.2, 0.25) is 0 Å². The Balaban J connectivity index is 1.23. The fourth-order valence-electron chi connectivity index (χ4n) is 3.84. The van der Waals surface area contributed by atoms with E-state index in [2.05, 4.69) is 10.0 Å². The van der Waals surface area contributed by atoms with E-state index in [-0.39, 0.29) is 12.5 Å². The van der Waals surface area contributed by atoms with Crippen LogP contribution < -0.4 is 14.6 Å². The van der Waals surface area contributed by atoms with Gasteiger partial charge in [-0.1, -0.05) is 0 Å². The van der Waals surface area contributed by atoms with Crippen molar-refractivity contribution in [3.63, 3.8) is 0 Å². The molecular formula is C24H28N4O4. The zero-order chi connectivity index (χ0) is 22.5. The van der Waals surface area contributed by atoms with Gasteiger partial charge in [-0.2, -0.15) is 5.10 Å². The third-order valence-corrected chi connectivity index (χ3v) is 5.77. The van der Waals surface area contributed by atoms with Gasteiger partial charge in [0, 0.05) is 50.5 Å². The van der Waals surface area contributed by atoms with Crippen LogP contribution in [0, 0.1) is 0 Å². The molecule has 1 fully saturated rings. The van der Waals surface area contributed by atoms with Gasteiger partial charge in [0.25, 0.3) is 5.91 Å². The second-order valence-corrected chi connectivity index (χ2v) is 7.90. The van der Waals surface area contributed by atoms with Crippen LogP contribution in [0.5, 0.6) is 5.75 Å². The van der Waals surface area contributed by atoms with E-state index in [9.17, 15) is 9.59 Å². The largest absolute Gasteiger partial charge is 0.497 e. The average Bonchev–Trinajstić information content (AvgIpc) is 3.29. The fraction of sp³-hybridized carbons (Fsp3) is 0.375. The highest BCUT2D eigenvalue weighted by atomic mass is 16.5. The highest BCUT2D eigenvalue weighted by Gasteiger charge is 2.22. The number of anilines is 2. The van der Waals surface area contributed by atoms with Gasteiger partial charge in [0.1, 0.15) is 5.75 Å². The van der Waals surface area contributed by atoms with Gasteiger partial charge in [-0.15, -0.1) is 0 Å². The summed E-state index contributed by atoms with van der Waals surface area (Å²) in [7, 11) is 1.64. The number of benzene rings is 2. The minimum atomic E-state index is -0.497. The van der Waals surface area contributed by atoms with Crippen molar-refractivity contribution >= 4 is 29.0 Å². The lowest BCUT2D eigenvalue weighted by atomic mass is 10.2. The smallest absolute Gasteiger partial charge is 0.338 e. The van der Waals surface area contributed by atoms with E-state index in [1.54, 1.807) is 24.1 Å². The number of piperazine rings is 1. The van der Waals surface area contributed by atoms with Crippen molar-refractivity contribution in [3.8, 4) is 5.75 Å². The molecule has 8 nitrogen and oxygen atoms in total. The molecule has 0 saturated carbocycles. The molecule has 1 saturated heterocycles. The van der Waals surface area contributed by atoms with Crippen molar-refractivity contribution in [2.24, 2.45) is 5.10 Å². The molecule has 4 rings (SSSR count). The monoisotopic (exact) mass is 436 g/mol. The van der Waals surface area contributed by atoms with Crippen LogP contribution in [0.1, 0.15) is 23.7 Å². The van der Waals surface area contributed by atoms with E-state index in [4.69, 9.17) is 9.47 Å². The maximum absolute atomic E-state index is 12.5. The van der Waals surface area contributed by atoms with Gasteiger partial charge in [-0.05, 0) is 55.5 Å². The van der Waals surface area contributed by atoms with Crippen molar-refractivity contribution < 1.29 is 19.1 Å². The maximum atomic E-state index is 12.5. The molecule has 2 aliphatic heterocycles. The van der Waals surface area contributed by atoms with Crippen LogP contribution in [0.2, 0.25) is 0 Å². The Hall–Kier alpha value is -3.55. The molecule has 168 valence electrons. The number of amides is 1. The molecule has 2 aliphatic rings. The van der Waals surface area contributed by atoms with Gasteiger partial charge in [0.05, 0.1) is 18.4 Å². The number of ether oxygens (including phenoxy) is 2. The number of hydrogen-bond donors (Lipinski definition) is 0. The molecule has 2 aromatic rings. The van der Waals surface area contributed by atoms with E-state index in [1.165, 1.54) is 0 Å². The van der Waals surface area contributed by atoms with E-state index >= 15 is 0 Å². The molecule has 32 heavy (non-hydrogen) atoms. The average molecular weight is 437 g/mol. The van der Waals surface area contributed by atoms with Gasteiger partial charge in [-0.25, -0.2) is 4.79 Å². The summed E-state index contributed by atoms with van der Waals surface area (Å²) in [6.45, 7) is 5.23. The molecule has 0 unspecified atom stereocenters. The van der Waals surface area contributed by atoms with Crippen molar-refractivity contribution in [2.75, 3.05) is 56.3 Å². The summed E-state index contributed by atoms with van der Waals surface area (Å²) >= 11 is 0. The Morgan fingerprint density at radius 1 is 0.906 bits per heavy atom. The molecule has 0 aromatic heterocycles. The van der Waals surface area contributed by atoms with Crippen molar-refractivity contribution in [2.45, 2.75) is 13.3 Å². The topological polar surface area (TPSA) is 74.7 Å². The van der Waals surface area contributed by atoms with Crippen LogP contribution in [-0.2, 0) is 9.53 Å². The summed E-state index contributed by atoms with van der Waals surface area (Å²) in [6.07, 6.45) is 0.945. The summed E-state index contributed by atoms with van der Waals surface area (Å²) in [5.74, 6) is 0.146. The van der Waals surface area contributed by atoms with E-state index in [0.717, 1.165) is 48.9 Å². The predicted octanol–water partition coefficient (Wildman–Crippen LogP) is 2.79. The van der Waals surface area contributed by atoms with Crippen LogP contribution in [0.4, 0.5) is 11.4 Å². The zero-order valence-electron chi connectivity index (χ0n) is 18.5. The van der Waals surface area contributed by atoms with Crippen molar-refractivity contribution in [3.05, 3.63) is 54.1 Å². The summed E-state index contributed by atoms with van der Waals surface area (Å²) < 4.78 is 10.5. The molecule has 0 bridgehead atoms. The molecule has 1 amide bonds. The molecule has 0 spiro atoms. The maximum Gasteiger partial charge on any atom is 0.338 e. The molecule has 2 aromatic carbocycles. The second-order valence-electron chi connectivity index (χ2n) is 7.90. The van der Waals surface area contributed by atoms with Crippen LogP contribution >= 0.6 is 0 Å². The first-order valence-electron chi connectivity index (χ1n) is 10.8. The van der Waals surface area contributed by atoms with Crippen LogP contribution in [0.25, 0.3) is 0 Å². The van der Waals surface area contributed by atoms with Crippen LogP contribution in [-0.4, -0.2) is 68.9 Å². The lowest BCUT2D eigenvalue weighted by Crippen LogP contribution is -2.49. The fourth-order valence-corrected chi connectivity index (χ4v) is 3.84. The summed E-state index contributed by atoms with van der Waals surface area (Å²) in [4.78, 5) is 28.8. The number of hydrazone groups is 1. The van der Waals surface area contributed by atoms with E-state index in [0.29, 0.717) is 18.7 Å². The Morgan fingerprint density at radius 3 is 2.16 bits per heavy atom. The number of esters is 1. The van der Waals surface area contributed by atoms with Crippen LogP contribution in [0.3, 0.4) is 0 Å². The second kappa shape index (κ2) is 9.72. The molecular weight excluding hydrogens is 408 g/mol. The third-order valence-electron chi connectivity index (χ3n) is 5.77. The van der Waals surface area contributed by atoms with Gasteiger partial charge >= 0.3 is 5.97 Å². The highest BCUT2D eigenvalue weighted by molar-refractivity contribution is 5.92. The molecule has 0 aliphatic carbocycles. The number of hydrogen-bond acceptors (Lipinski definition) is 7. The first kappa shape index (κ1) is 21.7. The highest BCUT2D eigenvalue weighted by Crippen LogP contribution is 2.21. The van der Waals surface area contributed by atoms with E-state index < -0.39 is 5.97 Å². The Kier molecular flexibility index (Phi) is 6.58. The number of carbonyl (C=O) groups is 2. The van der Waals surface area contributed by atoms with Gasteiger partial charge in [-0.3, -0.25) is 9.80 Å². The number of carbonyl (C=O) groups excluding carboxylic acids is 2. The van der Waals surface area contributed by atoms with Crippen molar-refractivity contribution in [1.82, 2.24) is 4.90 Å². The minimum Gasteiger partial charge on any atom is -0.497 e. The Labute approximate surface area is 188 Å². The third kappa shape index (κ3) is 5.01. The van der Waals surface area contributed by atoms with Crippen LogP contribution in [0.15, 0.2) is 53.6 Å². The Morgan fingerprint density at radius 2 is 1.56 bits per heavy atom. The first-order chi connectivity index (χ1) is 15.5. The standard InChI is InChI=1S/C24H28N4O4/c1-18-11-12-28(25-18)21-5-3-19(4-6-21)24(30)32-17-23(29)27-15-13-26(14-16-27)20-7-9-22(31-2)10-8-20/h3-10H,11-17H2,1-2H3. The number of nitrogens with zero attached hydrogens (tertiary/aromatic N) is 4. The van der Waals surface area contributed by atoms with Gasteiger partial charge in [0.15, 0.2) is 6.61 Å². The first-order valence-corrected chi connectivity index (χ1v) is 10.8. The van der Waals surface area contributed by atoms with Crippen molar-refractivity contribution in [1.29, 1.82) is 0 Å². The predicted molar refractivity (Wildman–Crippen MR) is 124 cm³/mol. The molecule has 8 heteroatoms. The quantitative estimate of drug-likeness (QED) is 0.649. The number of methoxy groups -OCH3 is 1. The summed E-state index contributed by atoms with van der Waals surface area (Å²) in [5.41, 5.74) is 3.55. The molecule has 0 N–H and O–H groups in total. The molecule has 2 heterocycles. The van der Waals surface area contributed by atoms with Gasteiger partial charge < -0.3 is 19.3 Å². The lowest BCUT2D eigenvalue weighted by Gasteiger charge is -2.36. The number of rotatable bonds is 6. The molecule has 0 atom stereocenters. The normalized spacial score (nSPS) is 16.1. The summed E-state index contributed by atoms with van der Waals surface area (Å²) in [5, 5.41) is 6.37. The SMILES string of the molecule is COc1ccc(N2CCN(C(=O)COC(=O)c3ccc(N4CCC(C)=N4)cc3)CC2)cc1. The summed E-state index contributed by atoms with van der Waals surface area (Å²) in [6, 6.07) is 15.0. The van der Waals surface area contributed by atoms with E-state index in [1.807, 2.05) is 48.3 Å². The Bertz CT molecular complexity index is 980. The minimum absolute atomic E-state index is 0.175. The lowest BCUT2D eigenvalue weighted by molar-refractivity contribution is -0.134. The zero-order valence-corrected chi connectivity index (χ0v) is 18.5.